The SMILES string of the molecule is CC(C)C1CCN([C@@H]2CNC[C@H]2O)C1. The fourth-order valence-electron chi connectivity index (χ4n) is 2.68. The van der Waals surface area contributed by atoms with Crippen molar-refractivity contribution in [2.24, 2.45) is 11.8 Å². The third-order valence-corrected chi connectivity index (χ3v) is 3.82. The van der Waals surface area contributed by atoms with E-state index in [1.165, 1.54) is 19.5 Å². The Morgan fingerprint density at radius 1 is 1.36 bits per heavy atom. The molecular weight excluding hydrogens is 176 g/mol. The summed E-state index contributed by atoms with van der Waals surface area (Å²) in [5.41, 5.74) is 0. The van der Waals surface area contributed by atoms with Crippen LogP contribution in [0.5, 0.6) is 0 Å². The second kappa shape index (κ2) is 4.17. The minimum atomic E-state index is -0.152. The van der Waals surface area contributed by atoms with Crippen LogP contribution < -0.4 is 5.32 Å². The normalized spacial score (nSPS) is 39.9. The van der Waals surface area contributed by atoms with Gasteiger partial charge in [-0.3, -0.25) is 4.90 Å². The molecule has 0 aromatic carbocycles. The first-order valence-corrected chi connectivity index (χ1v) is 5.81. The number of β-amino-alcohol motifs (C(OH)–C–C–N with tert-alkyl or cyclic N) is 1. The van der Waals surface area contributed by atoms with Crippen LogP contribution in [0.3, 0.4) is 0 Å². The lowest BCUT2D eigenvalue weighted by Crippen LogP contribution is -2.42. The van der Waals surface area contributed by atoms with E-state index in [-0.39, 0.29) is 6.10 Å². The smallest absolute Gasteiger partial charge is 0.0831 e. The zero-order valence-corrected chi connectivity index (χ0v) is 9.24. The van der Waals surface area contributed by atoms with E-state index in [0.717, 1.165) is 24.9 Å². The fraction of sp³-hybridized carbons (Fsp3) is 1.00. The average Bonchev–Trinajstić information content (AvgIpc) is 2.71. The maximum absolute atomic E-state index is 9.77. The van der Waals surface area contributed by atoms with E-state index in [2.05, 4.69) is 24.1 Å². The second-order valence-electron chi connectivity index (χ2n) is 5.08. The van der Waals surface area contributed by atoms with E-state index in [9.17, 15) is 5.11 Å². The van der Waals surface area contributed by atoms with Gasteiger partial charge in [-0.25, -0.2) is 0 Å². The van der Waals surface area contributed by atoms with Crippen LogP contribution in [0.25, 0.3) is 0 Å². The monoisotopic (exact) mass is 198 g/mol. The van der Waals surface area contributed by atoms with E-state index in [0.29, 0.717) is 6.04 Å². The highest BCUT2D eigenvalue weighted by Gasteiger charge is 2.35. The van der Waals surface area contributed by atoms with Crippen LogP contribution in [0.15, 0.2) is 0 Å². The first kappa shape index (κ1) is 10.4. The summed E-state index contributed by atoms with van der Waals surface area (Å²) in [6.07, 6.45) is 1.15. The first-order chi connectivity index (χ1) is 6.68. The number of likely N-dealkylation sites (tertiary alicyclic amines) is 1. The van der Waals surface area contributed by atoms with Crippen LogP contribution in [-0.2, 0) is 0 Å². The van der Waals surface area contributed by atoms with Gasteiger partial charge in [-0.1, -0.05) is 13.8 Å². The van der Waals surface area contributed by atoms with Gasteiger partial charge in [0, 0.05) is 25.7 Å². The van der Waals surface area contributed by atoms with Gasteiger partial charge in [-0.15, -0.1) is 0 Å². The van der Waals surface area contributed by atoms with Crippen LogP contribution >= 0.6 is 0 Å². The Hall–Kier alpha value is -0.120. The lowest BCUT2D eigenvalue weighted by molar-refractivity contribution is 0.0946. The quantitative estimate of drug-likeness (QED) is 0.670. The molecule has 3 nitrogen and oxygen atoms in total. The summed E-state index contributed by atoms with van der Waals surface area (Å²) in [5, 5.41) is 13.0. The summed E-state index contributed by atoms with van der Waals surface area (Å²) in [7, 11) is 0. The van der Waals surface area contributed by atoms with Crippen molar-refractivity contribution in [3.63, 3.8) is 0 Å². The van der Waals surface area contributed by atoms with Crippen molar-refractivity contribution in [1.82, 2.24) is 10.2 Å². The van der Waals surface area contributed by atoms with Crippen molar-refractivity contribution < 1.29 is 5.11 Å². The molecule has 2 aliphatic heterocycles. The number of nitrogens with one attached hydrogen (secondary N) is 1. The molecule has 2 saturated heterocycles. The number of hydrogen-bond donors (Lipinski definition) is 2. The lowest BCUT2D eigenvalue weighted by Gasteiger charge is -2.26. The minimum absolute atomic E-state index is 0.152. The van der Waals surface area contributed by atoms with Crippen molar-refractivity contribution in [1.29, 1.82) is 0 Å². The zero-order valence-electron chi connectivity index (χ0n) is 9.24. The third-order valence-electron chi connectivity index (χ3n) is 3.82. The van der Waals surface area contributed by atoms with Crippen molar-refractivity contribution in [3.8, 4) is 0 Å². The highest BCUT2D eigenvalue weighted by atomic mass is 16.3. The molecule has 0 radical (unpaired) electrons. The Morgan fingerprint density at radius 3 is 2.64 bits per heavy atom. The zero-order chi connectivity index (χ0) is 10.1. The molecule has 1 unspecified atom stereocenters. The Balaban J connectivity index is 1.88. The third kappa shape index (κ3) is 1.95. The molecule has 3 atom stereocenters. The highest BCUT2D eigenvalue weighted by Crippen LogP contribution is 2.26. The topological polar surface area (TPSA) is 35.5 Å². The number of nitrogens with zero attached hydrogens (tertiary/aromatic N) is 1. The highest BCUT2D eigenvalue weighted by molar-refractivity contribution is 4.92. The Bertz CT molecular complexity index is 196. The first-order valence-electron chi connectivity index (χ1n) is 5.81. The Morgan fingerprint density at radius 2 is 2.14 bits per heavy atom. The molecule has 0 aromatic heterocycles. The molecule has 0 aliphatic carbocycles. The minimum Gasteiger partial charge on any atom is -0.390 e. The summed E-state index contributed by atoms with van der Waals surface area (Å²) in [5.74, 6) is 1.62. The molecule has 2 rings (SSSR count). The molecule has 3 heteroatoms. The maximum atomic E-state index is 9.77. The van der Waals surface area contributed by atoms with E-state index in [1.54, 1.807) is 0 Å². The van der Waals surface area contributed by atoms with E-state index >= 15 is 0 Å². The molecular formula is C11H22N2O. The van der Waals surface area contributed by atoms with Crippen LogP contribution in [0.1, 0.15) is 20.3 Å². The number of aliphatic hydroxyl groups excluding tert-OH is 1. The maximum Gasteiger partial charge on any atom is 0.0831 e. The van der Waals surface area contributed by atoms with Crippen LogP contribution in [-0.4, -0.2) is 48.3 Å². The van der Waals surface area contributed by atoms with Gasteiger partial charge in [0.15, 0.2) is 0 Å². The van der Waals surface area contributed by atoms with Gasteiger partial charge >= 0.3 is 0 Å². The van der Waals surface area contributed by atoms with Gasteiger partial charge in [-0.2, -0.15) is 0 Å². The van der Waals surface area contributed by atoms with Gasteiger partial charge in [-0.05, 0) is 24.8 Å². The number of rotatable bonds is 2. The molecule has 0 amide bonds. The van der Waals surface area contributed by atoms with Crippen molar-refractivity contribution in [3.05, 3.63) is 0 Å². The molecule has 14 heavy (non-hydrogen) atoms. The average molecular weight is 198 g/mol. The van der Waals surface area contributed by atoms with Gasteiger partial charge in [0.1, 0.15) is 0 Å². The summed E-state index contributed by atoms with van der Waals surface area (Å²) in [6, 6.07) is 0.374. The van der Waals surface area contributed by atoms with Crippen LogP contribution in [0.4, 0.5) is 0 Å². The van der Waals surface area contributed by atoms with Gasteiger partial charge in [0.25, 0.3) is 0 Å². The molecule has 0 aromatic rings. The van der Waals surface area contributed by atoms with Crippen molar-refractivity contribution >= 4 is 0 Å². The molecule has 82 valence electrons. The summed E-state index contributed by atoms with van der Waals surface area (Å²) in [4.78, 5) is 2.47. The molecule has 2 fully saturated rings. The summed E-state index contributed by atoms with van der Waals surface area (Å²) >= 11 is 0. The molecule has 2 aliphatic rings. The fourth-order valence-corrected chi connectivity index (χ4v) is 2.68. The summed E-state index contributed by atoms with van der Waals surface area (Å²) in [6.45, 7) is 8.70. The molecule has 0 spiro atoms. The molecule has 2 heterocycles. The van der Waals surface area contributed by atoms with Crippen molar-refractivity contribution in [2.45, 2.75) is 32.4 Å². The predicted molar refractivity (Wildman–Crippen MR) is 57.2 cm³/mol. The van der Waals surface area contributed by atoms with Gasteiger partial charge in [0.05, 0.1) is 6.10 Å². The molecule has 0 bridgehead atoms. The van der Waals surface area contributed by atoms with Crippen LogP contribution in [0, 0.1) is 11.8 Å². The summed E-state index contributed by atoms with van der Waals surface area (Å²) < 4.78 is 0. The standard InChI is InChI=1S/C11H22N2O/c1-8(2)9-3-4-13(7-9)10-5-12-6-11(10)14/h8-12,14H,3-7H2,1-2H3/t9?,10-,11-/m1/s1. The Kier molecular flexibility index (Phi) is 3.10. The predicted octanol–water partition coefficient (Wildman–Crippen LogP) is 0.297. The van der Waals surface area contributed by atoms with E-state index in [4.69, 9.17) is 0 Å². The Labute approximate surface area is 86.5 Å². The van der Waals surface area contributed by atoms with Gasteiger partial charge < -0.3 is 10.4 Å². The largest absolute Gasteiger partial charge is 0.390 e. The van der Waals surface area contributed by atoms with Crippen molar-refractivity contribution in [2.75, 3.05) is 26.2 Å². The lowest BCUT2D eigenvalue weighted by atomic mass is 9.95. The second-order valence-corrected chi connectivity index (χ2v) is 5.08. The van der Waals surface area contributed by atoms with Gasteiger partial charge in [0.2, 0.25) is 0 Å². The van der Waals surface area contributed by atoms with Crippen LogP contribution in [0.2, 0.25) is 0 Å². The molecule has 0 saturated carbocycles. The molecule has 2 N–H and O–H groups in total. The number of hydrogen-bond acceptors (Lipinski definition) is 3. The van der Waals surface area contributed by atoms with E-state index in [1.807, 2.05) is 0 Å². The van der Waals surface area contributed by atoms with E-state index < -0.39 is 0 Å². The number of aliphatic hydroxyl groups is 1.